The Morgan fingerprint density at radius 1 is 1.05 bits per heavy atom. The first-order valence-corrected chi connectivity index (χ1v) is 14.8. The molecule has 2 saturated heterocycles. The highest BCUT2D eigenvalue weighted by Crippen LogP contribution is 2.69. The summed E-state index contributed by atoms with van der Waals surface area (Å²) >= 11 is 0. The van der Waals surface area contributed by atoms with Crippen LogP contribution >= 0.6 is 0 Å². The van der Waals surface area contributed by atoms with Crippen LogP contribution in [0, 0.1) is 34.5 Å². The van der Waals surface area contributed by atoms with Gasteiger partial charge in [0.2, 0.25) is 12.1 Å². The molecule has 6 fully saturated rings. The molecule has 0 radical (unpaired) electrons. The van der Waals surface area contributed by atoms with Crippen molar-refractivity contribution in [2.75, 3.05) is 13.7 Å². The molecule has 2 N–H and O–H groups in total. The van der Waals surface area contributed by atoms with Gasteiger partial charge in [-0.05, 0) is 74.2 Å². The van der Waals surface area contributed by atoms with Gasteiger partial charge in [0.05, 0.1) is 23.9 Å². The second kappa shape index (κ2) is 8.58. The summed E-state index contributed by atoms with van der Waals surface area (Å²) in [5.74, 6) is -2.08. The van der Waals surface area contributed by atoms with Crippen molar-refractivity contribution in [1.82, 2.24) is 0 Å². The van der Waals surface area contributed by atoms with Crippen LogP contribution in [0.2, 0.25) is 0 Å². The van der Waals surface area contributed by atoms with E-state index in [0.717, 1.165) is 31.3 Å². The quantitative estimate of drug-likeness (QED) is 0.398. The largest absolute Gasteiger partial charge is 0.458 e. The molecule has 0 aromatic heterocycles. The van der Waals surface area contributed by atoms with Gasteiger partial charge in [0.1, 0.15) is 18.5 Å². The number of ketones is 1. The summed E-state index contributed by atoms with van der Waals surface area (Å²) in [6, 6.07) is 0. The Bertz CT molecular complexity index is 1110. The molecule has 9 heteroatoms. The van der Waals surface area contributed by atoms with E-state index in [1.165, 1.54) is 0 Å². The normalized spacial score (nSPS) is 56.5. The fourth-order valence-corrected chi connectivity index (χ4v) is 10.4. The van der Waals surface area contributed by atoms with Crippen molar-refractivity contribution >= 4 is 11.8 Å². The minimum Gasteiger partial charge on any atom is -0.458 e. The number of hydrogen-bond acceptors (Lipinski definition) is 9. The Balaban J connectivity index is 1.19. The van der Waals surface area contributed by atoms with Crippen LogP contribution in [-0.2, 0) is 33.3 Å². The number of aliphatic hydroxyl groups is 2. The lowest BCUT2D eigenvalue weighted by Gasteiger charge is -2.64. The minimum absolute atomic E-state index is 0.0407. The van der Waals surface area contributed by atoms with E-state index in [4.69, 9.17) is 23.7 Å². The van der Waals surface area contributed by atoms with Gasteiger partial charge in [0.15, 0.2) is 0 Å². The molecule has 4 aliphatic carbocycles. The number of rotatable bonds is 2. The Morgan fingerprint density at radius 3 is 2.56 bits per heavy atom. The van der Waals surface area contributed by atoms with Crippen molar-refractivity contribution in [3.05, 3.63) is 11.6 Å². The number of hydrogen-bond donors (Lipinski definition) is 2. The Labute approximate surface area is 229 Å². The second-order valence-electron chi connectivity index (χ2n) is 14.0. The fourth-order valence-electron chi connectivity index (χ4n) is 10.4. The van der Waals surface area contributed by atoms with Gasteiger partial charge in [0, 0.05) is 37.4 Å². The molecule has 0 aromatic rings. The first kappa shape index (κ1) is 26.5. The number of ether oxygens (including phenoxy) is 5. The van der Waals surface area contributed by atoms with Crippen molar-refractivity contribution < 1.29 is 43.5 Å². The molecule has 0 bridgehead atoms. The molecule has 0 aromatic carbocycles. The molecule has 7 rings (SSSR count). The highest BCUT2D eigenvalue weighted by atomic mass is 16.8. The molecule has 7 aliphatic rings. The predicted octanol–water partition coefficient (Wildman–Crippen LogP) is 2.65. The zero-order chi connectivity index (χ0) is 27.5. The SMILES string of the molecule is CO[C@@H]1C[C@@H](C)O[C@H]2O[C@@H]3C[C@H]4CC[C@@H]5[C@H](C(=O)C[C@]6(C)[C@@H](C7=CC(=O)OC7)CC[C@]56O)[C@@]4(C)C[C@H]3O[C@]21O. The van der Waals surface area contributed by atoms with Crippen LogP contribution in [0.5, 0.6) is 0 Å². The molecular weight excluding hydrogens is 504 g/mol. The van der Waals surface area contributed by atoms with E-state index >= 15 is 0 Å². The van der Waals surface area contributed by atoms with E-state index in [9.17, 15) is 19.8 Å². The van der Waals surface area contributed by atoms with Crippen LogP contribution in [0.1, 0.15) is 72.1 Å². The third kappa shape index (κ3) is 3.47. The van der Waals surface area contributed by atoms with Gasteiger partial charge in [-0.3, -0.25) is 4.79 Å². The maximum atomic E-state index is 14.2. The second-order valence-corrected chi connectivity index (χ2v) is 14.0. The summed E-state index contributed by atoms with van der Waals surface area (Å²) in [4.78, 5) is 26.0. The molecule has 39 heavy (non-hydrogen) atoms. The number of esters is 1. The van der Waals surface area contributed by atoms with Crippen molar-refractivity contribution in [1.29, 1.82) is 0 Å². The van der Waals surface area contributed by atoms with Crippen molar-refractivity contribution in [3.63, 3.8) is 0 Å². The van der Waals surface area contributed by atoms with E-state index in [0.29, 0.717) is 19.3 Å². The van der Waals surface area contributed by atoms with Gasteiger partial charge < -0.3 is 33.9 Å². The Kier molecular flexibility index (Phi) is 5.84. The first-order valence-electron chi connectivity index (χ1n) is 14.8. The molecule has 3 aliphatic heterocycles. The summed E-state index contributed by atoms with van der Waals surface area (Å²) in [5, 5.41) is 24.0. The van der Waals surface area contributed by atoms with Gasteiger partial charge in [-0.1, -0.05) is 13.8 Å². The van der Waals surface area contributed by atoms with Gasteiger partial charge in [0.25, 0.3) is 0 Å². The third-order valence-corrected chi connectivity index (χ3v) is 12.3. The zero-order valence-corrected chi connectivity index (χ0v) is 23.4. The Morgan fingerprint density at radius 2 is 1.85 bits per heavy atom. The summed E-state index contributed by atoms with van der Waals surface area (Å²) in [7, 11) is 1.56. The van der Waals surface area contributed by atoms with E-state index in [1.54, 1.807) is 13.2 Å². The van der Waals surface area contributed by atoms with Crippen molar-refractivity contribution in [3.8, 4) is 0 Å². The molecule has 0 amide bonds. The average Bonchev–Trinajstić information content (AvgIpc) is 3.41. The lowest BCUT2D eigenvalue weighted by Crippen LogP contribution is -2.71. The van der Waals surface area contributed by atoms with Crippen molar-refractivity contribution in [2.24, 2.45) is 34.5 Å². The molecule has 216 valence electrons. The molecule has 3 heterocycles. The van der Waals surface area contributed by atoms with Crippen LogP contribution in [0.15, 0.2) is 11.6 Å². The number of cyclic esters (lactones) is 1. The van der Waals surface area contributed by atoms with Gasteiger partial charge in [-0.15, -0.1) is 0 Å². The van der Waals surface area contributed by atoms with Crippen LogP contribution < -0.4 is 0 Å². The highest BCUT2D eigenvalue weighted by molar-refractivity contribution is 5.86. The van der Waals surface area contributed by atoms with E-state index in [1.807, 2.05) is 6.92 Å². The fraction of sp³-hybridized carbons (Fsp3) is 0.867. The van der Waals surface area contributed by atoms with E-state index < -0.39 is 35.3 Å². The lowest BCUT2D eigenvalue weighted by molar-refractivity contribution is -0.459. The number of Topliss-reactive ketones (excluding diaryl/α,β-unsaturated/α-hetero) is 1. The van der Waals surface area contributed by atoms with E-state index in [-0.39, 0.29) is 66.1 Å². The van der Waals surface area contributed by atoms with Crippen molar-refractivity contribution in [2.45, 2.75) is 114 Å². The van der Waals surface area contributed by atoms with Crippen LogP contribution in [0.4, 0.5) is 0 Å². The molecule has 13 atom stereocenters. The zero-order valence-electron chi connectivity index (χ0n) is 23.4. The van der Waals surface area contributed by atoms with Crippen LogP contribution in [0.3, 0.4) is 0 Å². The maximum Gasteiger partial charge on any atom is 0.331 e. The van der Waals surface area contributed by atoms with Crippen LogP contribution in [0.25, 0.3) is 0 Å². The first-order chi connectivity index (χ1) is 18.4. The summed E-state index contributed by atoms with van der Waals surface area (Å²) in [6.07, 6.45) is 4.45. The Hall–Kier alpha value is -1.36. The van der Waals surface area contributed by atoms with Gasteiger partial charge in [-0.25, -0.2) is 4.79 Å². The maximum absolute atomic E-state index is 14.2. The molecule has 4 saturated carbocycles. The summed E-state index contributed by atoms with van der Waals surface area (Å²) in [5.41, 5.74) is -1.09. The smallest absolute Gasteiger partial charge is 0.331 e. The third-order valence-electron chi connectivity index (χ3n) is 12.3. The number of methoxy groups -OCH3 is 1. The number of carbonyl (C=O) groups excluding carboxylic acids is 2. The van der Waals surface area contributed by atoms with E-state index in [2.05, 4.69) is 13.8 Å². The lowest BCUT2D eigenvalue weighted by atomic mass is 9.42. The predicted molar refractivity (Wildman–Crippen MR) is 136 cm³/mol. The topological polar surface area (TPSA) is 121 Å². The standard InChI is InChI=1S/C30H42O9/c1-15-9-23(35-4)30(34)26(37-15)38-21-11-17-5-6-19-25(27(17,2)13-22(21)39-30)20(31)12-28(3)18(7-8-29(19,28)33)16-10-24(32)36-14-16/h10,15,17-19,21-23,25-26,33-34H,5-9,11-14H2,1-4H3/t15-,17-,18-,19-,21-,22-,23-,25-,26+,27+,28-,29+,30+/m1/s1. The molecule has 9 nitrogen and oxygen atoms in total. The monoisotopic (exact) mass is 546 g/mol. The minimum atomic E-state index is -1.71. The van der Waals surface area contributed by atoms with Crippen LogP contribution in [-0.4, -0.2) is 77.8 Å². The number of fused-ring (bicyclic) bond motifs is 7. The van der Waals surface area contributed by atoms with Gasteiger partial charge in [-0.2, -0.15) is 0 Å². The van der Waals surface area contributed by atoms with Gasteiger partial charge >= 0.3 is 5.97 Å². The summed E-state index contributed by atoms with van der Waals surface area (Å²) in [6.45, 7) is 6.44. The molecule has 0 spiro atoms. The summed E-state index contributed by atoms with van der Waals surface area (Å²) < 4.78 is 29.6. The molecule has 0 unspecified atom stereocenters. The number of carbonyl (C=O) groups is 2. The molecular formula is C30H42O9. The highest BCUT2D eigenvalue weighted by Gasteiger charge is 2.71. The average molecular weight is 547 g/mol.